The third-order valence-electron chi connectivity index (χ3n) is 4.33. The molecule has 1 aromatic heterocycles. The Morgan fingerprint density at radius 1 is 1.09 bits per heavy atom. The van der Waals surface area contributed by atoms with E-state index in [2.05, 4.69) is 40.9 Å². The van der Waals surface area contributed by atoms with Crippen LogP contribution in [0.2, 0.25) is 0 Å². The molecule has 0 saturated carbocycles. The van der Waals surface area contributed by atoms with E-state index in [1.165, 1.54) is 31.6 Å². The predicted octanol–water partition coefficient (Wildman–Crippen LogP) is 3.34. The first-order valence-corrected chi connectivity index (χ1v) is 9.25. The van der Waals surface area contributed by atoms with Gasteiger partial charge in [-0.05, 0) is 64.4 Å². The Bertz CT molecular complexity index is 394. The van der Waals surface area contributed by atoms with Gasteiger partial charge in [0.25, 0.3) is 0 Å². The molecule has 4 heteroatoms. The smallest absolute Gasteiger partial charge is 0.0574 e. The Hall–Kier alpha value is -1.13. The number of aliphatic hydroxyl groups is 1. The average Bonchev–Trinajstić information content (AvgIpc) is 3.09. The number of pyridine rings is 1. The lowest BCUT2D eigenvalue weighted by atomic mass is 10.1. The highest BCUT2D eigenvalue weighted by Crippen LogP contribution is 2.19. The molecule has 0 spiro atoms. The van der Waals surface area contributed by atoms with Crippen LogP contribution in [0.15, 0.2) is 18.3 Å². The Morgan fingerprint density at radius 2 is 1.70 bits per heavy atom. The number of aromatic nitrogens is 1. The molecule has 2 aliphatic rings. The zero-order chi connectivity index (χ0) is 17.1. The molecule has 0 radical (unpaired) electrons. The van der Waals surface area contributed by atoms with E-state index in [0.29, 0.717) is 0 Å². The van der Waals surface area contributed by atoms with Crippen molar-refractivity contribution in [1.29, 1.82) is 0 Å². The molecule has 1 aromatic rings. The fourth-order valence-electron chi connectivity index (χ4n) is 2.81. The highest BCUT2D eigenvalue weighted by Gasteiger charge is 2.17. The number of likely N-dealkylation sites (tertiary alicyclic amines) is 1. The van der Waals surface area contributed by atoms with Crippen molar-refractivity contribution in [3.05, 3.63) is 24.0 Å². The summed E-state index contributed by atoms with van der Waals surface area (Å²) in [5, 5.41) is 9.41. The highest BCUT2D eigenvalue weighted by molar-refractivity contribution is 5.44. The van der Waals surface area contributed by atoms with Crippen molar-refractivity contribution in [3.63, 3.8) is 0 Å². The molecule has 0 aromatic carbocycles. The lowest BCUT2D eigenvalue weighted by Crippen LogP contribution is -2.35. The third-order valence-corrected chi connectivity index (χ3v) is 4.33. The van der Waals surface area contributed by atoms with Crippen molar-refractivity contribution in [2.24, 2.45) is 0 Å². The van der Waals surface area contributed by atoms with E-state index in [0.717, 1.165) is 38.0 Å². The van der Waals surface area contributed by atoms with Crippen LogP contribution in [0.25, 0.3) is 0 Å². The molecular formula is C19H35N3O. The van der Waals surface area contributed by atoms with Gasteiger partial charge in [-0.25, -0.2) is 0 Å². The van der Waals surface area contributed by atoms with Gasteiger partial charge in [0.05, 0.1) is 18.0 Å². The first kappa shape index (κ1) is 19.9. The van der Waals surface area contributed by atoms with Gasteiger partial charge in [-0.3, -0.25) is 4.98 Å². The molecule has 1 N–H and O–H groups in total. The van der Waals surface area contributed by atoms with Crippen LogP contribution in [-0.4, -0.2) is 54.3 Å². The topological polar surface area (TPSA) is 39.6 Å². The Labute approximate surface area is 142 Å². The van der Waals surface area contributed by atoms with Crippen LogP contribution >= 0.6 is 0 Å². The second-order valence-electron chi connectivity index (χ2n) is 6.09. The molecule has 4 nitrogen and oxygen atoms in total. The van der Waals surface area contributed by atoms with Crippen LogP contribution in [-0.2, 0) is 6.42 Å². The first-order valence-electron chi connectivity index (χ1n) is 9.25. The van der Waals surface area contributed by atoms with Gasteiger partial charge in [-0.15, -0.1) is 0 Å². The maximum absolute atomic E-state index is 9.41. The van der Waals surface area contributed by atoms with E-state index >= 15 is 0 Å². The van der Waals surface area contributed by atoms with Gasteiger partial charge in [0.15, 0.2) is 0 Å². The molecule has 132 valence electrons. The fraction of sp³-hybridized carbons (Fsp3) is 0.737. The molecule has 0 amide bonds. The molecule has 23 heavy (non-hydrogen) atoms. The minimum atomic E-state index is -0.107. The predicted molar refractivity (Wildman–Crippen MR) is 99.1 cm³/mol. The van der Waals surface area contributed by atoms with Crippen LogP contribution in [0, 0.1) is 0 Å². The number of hydrogen-bond acceptors (Lipinski definition) is 4. The average molecular weight is 322 g/mol. The molecular weight excluding hydrogens is 286 g/mol. The lowest BCUT2D eigenvalue weighted by Gasteiger charge is -2.31. The minimum Gasteiger partial charge on any atom is -0.393 e. The van der Waals surface area contributed by atoms with Gasteiger partial charge in [0.1, 0.15) is 0 Å². The number of anilines is 1. The van der Waals surface area contributed by atoms with Crippen molar-refractivity contribution in [2.75, 3.05) is 38.1 Å². The minimum absolute atomic E-state index is 0.107. The van der Waals surface area contributed by atoms with E-state index in [4.69, 9.17) is 0 Å². The summed E-state index contributed by atoms with van der Waals surface area (Å²) >= 11 is 0. The van der Waals surface area contributed by atoms with Crippen LogP contribution in [0.1, 0.15) is 52.1 Å². The van der Waals surface area contributed by atoms with E-state index in [9.17, 15) is 5.11 Å². The largest absolute Gasteiger partial charge is 0.393 e. The summed E-state index contributed by atoms with van der Waals surface area (Å²) in [5.41, 5.74) is 2.31. The van der Waals surface area contributed by atoms with Gasteiger partial charge in [-0.1, -0.05) is 20.8 Å². The monoisotopic (exact) mass is 321 g/mol. The number of nitrogens with zero attached hydrogens (tertiary/aromatic N) is 3. The quantitative estimate of drug-likeness (QED) is 0.907. The van der Waals surface area contributed by atoms with E-state index in [1.807, 2.05) is 20.0 Å². The molecule has 3 heterocycles. The first-order chi connectivity index (χ1) is 11.2. The summed E-state index contributed by atoms with van der Waals surface area (Å²) in [6, 6.07) is 4.21. The summed E-state index contributed by atoms with van der Waals surface area (Å²) in [6.07, 6.45) is 7.39. The second-order valence-corrected chi connectivity index (χ2v) is 6.09. The number of piperidine rings is 1. The second kappa shape index (κ2) is 11.4. The van der Waals surface area contributed by atoms with Crippen LogP contribution in [0.4, 0.5) is 5.69 Å². The maximum Gasteiger partial charge on any atom is 0.0574 e. The lowest BCUT2D eigenvalue weighted by molar-refractivity contribution is 0.145. The van der Waals surface area contributed by atoms with Gasteiger partial charge in [0, 0.05) is 18.8 Å². The SMILES string of the molecule is CC.CCc1ccc(N2CCC(O)CC2)cn1.CN1CCCC1. The Kier molecular flexibility index (Phi) is 9.88. The van der Waals surface area contributed by atoms with Crippen LogP contribution in [0.3, 0.4) is 0 Å². The van der Waals surface area contributed by atoms with Crippen molar-refractivity contribution < 1.29 is 5.11 Å². The summed E-state index contributed by atoms with van der Waals surface area (Å²) in [7, 11) is 2.17. The fourth-order valence-corrected chi connectivity index (χ4v) is 2.81. The van der Waals surface area contributed by atoms with Crippen molar-refractivity contribution in [2.45, 2.75) is 59.0 Å². The van der Waals surface area contributed by atoms with Gasteiger partial charge < -0.3 is 14.9 Å². The number of aryl methyl sites for hydroxylation is 1. The van der Waals surface area contributed by atoms with Gasteiger partial charge in [-0.2, -0.15) is 0 Å². The van der Waals surface area contributed by atoms with E-state index in [-0.39, 0.29) is 6.10 Å². The van der Waals surface area contributed by atoms with Crippen molar-refractivity contribution in [3.8, 4) is 0 Å². The normalized spacial score (nSPS) is 18.7. The third kappa shape index (κ3) is 7.32. The van der Waals surface area contributed by atoms with Crippen LogP contribution in [0.5, 0.6) is 0 Å². The Balaban J connectivity index is 0.000000276. The summed E-state index contributed by atoms with van der Waals surface area (Å²) in [4.78, 5) is 9.04. The number of hydrogen-bond donors (Lipinski definition) is 1. The molecule has 2 fully saturated rings. The van der Waals surface area contributed by atoms with Crippen LogP contribution < -0.4 is 4.90 Å². The number of rotatable bonds is 2. The molecule has 2 aliphatic heterocycles. The zero-order valence-electron chi connectivity index (χ0n) is 15.5. The summed E-state index contributed by atoms with van der Waals surface area (Å²) in [6.45, 7) is 10.6. The molecule has 2 saturated heterocycles. The molecule has 3 rings (SSSR count). The van der Waals surface area contributed by atoms with E-state index < -0.39 is 0 Å². The van der Waals surface area contributed by atoms with Crippen molar-refractivity contribution in [1.82, 2.24) is 9.88 Å². The maximum atomic E-state index is 9.41. The van der Waals surface area contributed by atoms with Crippen molar-refractivity contribution >= 4 is 5.69 Å². The zero-order valence-corrected chi connectivity index (χ0v) is 15.5. The highest BCUT2D eigenvalue weighted by atomic mass is 16.3. The summed E-state index contributed by atoms with van der Waals surface area (Å²) < 4.78 is 0. The van der Waals surface area contributed by atoms with Gasteiger partial charge in [0.2, 0.25) is 0 Å². The van der Waals surface area contributed by atoms with E-state index in [1.54, 1.807) is 0 Å². The van der Waals surface area contributed by atoms with Gasteiger partial charge >= 0.3 is 0 Å². The molecule has 0 atom stereocenters. The molecule has 0 bridgehead atoms. The summed E-state index contributed by atoms with van der Waals surface area (Å²) in [5.74, 6) is 0. The standard InChI is InChI=1S/C12H18N2O.C5H11N.C2H6/c1-2-10-3-4-11(9-13-10)14-7-5-12(15)6-8-14;1-6-4-2-3-5-6;1-2/h3-4,9,12,15H,2,5-8H2,1H3;2-5H2,1H3;1-2H3. The Morgan fingerprint density at radius 3 is 2.09 bits per heavy atom. The molecule has 0 unspecified atom stereocenters. The molecule has 0 aliphatic carbocycles. The number of aliphatic hydroxyl groups excluding tert-OH is 1.